The zero-order valence-corrected chi connectivity index (χ0v) is 7.73. The summed E-state index contributed by atoms with van der Waals surface area (Å²) in [6, 6.07) is 0.539. The predicted molar refractivity (Wildman–Crippen MR) is 41.8 cm³/mol. The molecule has 0 aliphatic rings. The minimum absolute atomic E-state index is 0.122. The van der Waals surface area contributed by atoms with Gasteiger partial charge in [0.15, 0.2) is 0 Å². The van der Waals surface area contributed by atoms with E-state index in [4.69, 9.17) is 4.55 Å². The van der Waals surface area contributed by atoms with E-state index in [0.717, 1.165) is 0 Å². The van der Waals surface area contributed by atoms with Crippen LogP contribution in [0, 0.1) is 11.6 Å². The third-order valence-electron chi connectivity index (χ3n) is 1.52. The van der Waals surface area contributed by atoms with Gasteiger partial charge < -0.3 is 0 Å². The van der Waals surface area contributed by atoms with E-state index in [1.54, 1.807) is 0 Å². The fourth-order valence-electron chi connectivity index (χ4n) is 0.871. The van der Waals surface area contributed by atoms with Crippen molar-refractivity contribution in [2.24, 2.45) is 0 Å². The third-order valence-corrected chi connectivity index (χ3v) is 2.41. The van der Waals surface area contributed by atoms with Crippen LogP contribution in [0.4, 0.5) is 17.6 Å². The van der Waals surface area contributed by atoms with Crippen LogP contribution in [0.25, 0.3) is 0 Å². The first-order valence-corrected chi connectivity index (χ1v) is 4.90. The summed E-state index contributed by atoms with van der Waals surface area (Å²) in [7, 11) is -5.76. The van der Waals surface area contributed by atoms with Gasteiger partial charge in [-0.15, -0.1) is 0 Å². The Kier molecular flexibility index (Phi) is 2.75. The lowest BCUT2D eigenvalue weighted by molar-refractivity contribution is 0.0783. The standard InChI is InChI=1S/C7H4F4O3S/c8-5-1-4(2-6(9)3-5)7(10,11)15(12,13)14/h1-3H,(H,12,13,14). The van der Waals surface area contributed by atoms with Gasteiger partial charge in [-0.3, -0.25) is 4.55 Å². The van der Waals surface area contributed by atoms with E-state index in [0.29, 0.717) is 6.07 Å². The number of hydrogen-bond acceptors (Lipinski definition) is 2. The molecule has 0 atom stereocenters. The van der Waals surface area contributed by atoms with Crippen LogP contribution in [0.5, 0.6) is 0 Å². The molecule has 1 rings (SSSR count). The monoisotopic (exact) mass is 244 g/mol. The molecule has 84 valence electrons. The van der Waals surface area contributed by atoms with Gasteiger partial charge in [0.25, 0.3) is 0 Å². The molecule has 1 N–H and O–H groups in total. The van der Waals surface area contributed by atoms with Crippen molar-refractivity contribution in [1.82, 2.24) is 0 Å². The maximum Gasteiger partial charge on any atom is 0.395 e. The van der Waals surface area contributed by atoms with E-state index >= 15 is 0 Å². The number of rotatable bonds is 2. The Hall–Kier alpha value is -1.15. The summed E-state index contributed by atoms with van der Waals surface area (Å²) in [6.45, 7) is 0. The number of halogens is 4. The van der Waals surface area contributed by atoms with E-state index < -0.39 is 32.6 Å². The molecule has 0 aromatic heterocycles. The highest BCUT2D eigenvalue weighted by atomic mass is 32.2. The molecule has 0 amide bonds. The lowest BCUT2D eigenvalue weighted by Gasteiger charge is -2.12. The largest absolute Gasteiger partial charge is 0.395 e. The zero-order valence-electron chi connectivity index (χ0n) is 6.92. The van der Waals surface area contributed by atoms with Gasteiger partial charge in [-0.25, -0.2) is 8.78 Å². The van der Waals surface area contributed by atoms with Crippen LogP contribution >= 0.6 is 0 Å². The fraction of sp³-hybridized carbons (Fsp3) is 0.143. The van der Waals surface area contributed by atoms with Crippen LogP contribution in [0.2, 0.25) is 0 Å². The topological polar surface area (TPSA) is 54.4 Å². The average Bonchev–Trinajstić information content (AvgIpc) is 1.99. The molecule has 0 unspecified atom stereocenters. The number of benzene rings is 1. The molecule has 0 saturated heterocycles. The summed E-state index contributed by atoms with van der Waals surface area (Å²) in [4.78, 5) is 0. The van der Waals surface area contributed by atoms with E-state index in [2.05, 4.69) is 0 Å². The van der Waals surface area contributed by atoms with Gasteiger partial charge in [-0.05, 0) is 12.1 Å². The maximum absolute atomic E-state index is 12.9. The van der Waals surface area contributed by atoms with Crippen molar-refractivity contribution >= 4 is 10.1 Å². The Morgan fingerprint density at radius 3 is 1.80 bits per heavy atom. The summed E-state index contributed by atoms with van der Waals surface area (Å²) < 4.78 is 79.3. The average molecular weight is 244 g/mol. The molecule has 1 aromatic rings. The van der Waals surface area contributed by atoms with Gasteiger partial charge in [0.05, 0.1) is 0 Å². The lowest BCUT2D eigenvalue weighted by Crippen LogP contribution is -2.25. The van der Waals surface area contributed by atoms with E-state index in [9.17, 15) is 26.0 Å². The van der Waals surface area contributed by atoms with Crippen LogP contribution in [0.1, 0.15) is 5.56 Å². The number of hydrogen-bond donors (Lipinski definition) is 1. The van der Waals surface area contributed by atoms with Crippen molar-refractivity contribution < 1.29 is 30.5 Å². The minimum atomic E-state index is -5.76. The first-order valence-electron chi connectivity index (χ1n) is 3.46. The third kappa shape index (κ3) is 2.26. The Morgan fingerprint density at radius 1 is 1.07 bits per heavy atom. The van der Waals surface area contributed by atoms with Crippen molar-refractivity contribution in [2.75, 3.05) is 0 Å². The Balaban J connectivity index is 3.40. The molecule has 0 fully saturated rings. The molecule has 0 spiro atoms. The Labute approximate surface area is 82.1 Å². The van der Waals surface area contributed by atoms with Crippen molar-refractivity contribution in [3.63, 3.8) is 0 Å². The smallest absolute Gasteiger partial charge is 0.281 e. The lowest BCUT2D eigenvalue weighted by atomic mass is 10.2. The summed E-state index contributed by atoms with van der Waals surface area (Å²) in [5, 5.41) is -4.74. The first kappa shape index (κ1) is 11.9. The molecule has 0 heterocycles. The molecular formula is C7H4F4O3S. The van der Waals surface area contributed by atoms with Gasteiger partial charge in [0, 0.05) is 11.6 Å². The van der Waals surface area contributed by atoms with Crippen LogP contribution in [0.3, 0.4) is 0 Å². The van der Waals surface area contributed by atoms with Gasteiger partial charge in [0.1, 0.15) is 11.6 Å². The predicted octanol–water partition coefficient (Wildman–Crippen LogP) is 1.90. The summed E-state index contributed by atoms with van der Waals surface area (Å²) >= 11 is 0. The molecule has 0 aliphatic heterocycles. The second-order valence-electron chi connectivity index (χ2n) is 2.65. The quantitative estimate of drug-likeness (QED) is 0.638. The van der Waals surface area contributed by atoms with Crippen LogP contribution in [-0.2, 0) is 15.4 Å². The normalized spacial score (nSPS) is 12.9. The molecule has 8 heteroatoms. The van der Waals surface area contributed by atoms with E-state index in [-0.39, 0.29) is 12.1 Å². The Bertz CT molecular complexity index is 463. The molecule has 0 radical (unpaired) electrons. The molecule has 0 aliphatic carbocycles. The van der Waals surface area contributed by atoms with Gasteiger partial charge in [-0.1, -0.05) is 0 Å². The highest BCUT2D eigenvalue weighted by Crippen LogP contribution is 2.33. The van der Waals surface area contributed by atoms with Crippen molar-refractivity contribution in [1.29, 1.82) is 0 Å². The molecule has 1 aromatic carbocycles. The summed E-state index contributed by atoms with van der Waals surface area (Å²) in [5.74, 6) is -2.73. The van der Waals surface area contributed by atoms with Crippen molar-refractivity contribution in [3.8, 4) is 0 Å². The molecule has 0 bridgehead atoms. The molecular weight excluding hydrogens is 240 g/mol. The zero-order chi connectivity index (χ0) is 11.9. The van der Waals surface area contributed by atoms with Gasteiger partial charge >= 0.3 is 15.4 Å². The maximum atomic E-state index is 12.9. The summed E-state index contributed by atoms with van der Waals surface area (Å²) in [6.07, 6.45) is 0. The number of alkyl halides is 2. The Morgan fingerprint density at radius 2 is 1.47 bits per heavy atom. The second kappa shape index (κ2) is 3.46. The van der Waals surface area contributed by atoms with E-state index in [1.807, 2.05) is 0 Å². The highest BCUT2D eigenvalue weighted by Gasteiger charge is 2.46. The van der Waals surface area contributed by atoms with Crippen LogP contribution in [-0.4, -0.2) is 13.0 Å². The fourth-order valence-corrected chi connectivity index (χ4v) is 1.29. The van der Waals surface area contributed by atoms with Gasteiger partial charge in [0.2, 0.25) is 0 Å². The highest BCUT2D eigenvalue weighted by molar-refractivity contribution is 7.86. The van der Waals surface area contributed by atoms with Crippen LogP contribution < -0.4 is 0 Å². The molecule has 3 nitrogen and oxygen atoms in total. The second-order valence-corrected chi connectivity index (χ2v) is 4.11. The van der Waals surface area contributed by atoms with Crippen molar-refractivity contribution in [2.45, 2.75) is 5.25 Å². The minimum Gasteiger partial charge on any atom is -0.281 e. The molecule has 15 heavy (non-hydrogen) atoms. The molecule has 0 saturated carbocycles. The first-order chi connectivity index (χ1) is 6.64. The van der Waals surface area contributed by atoms with Gasteiger partial charge in [-0.2, -0.15) is 17.2 Å². The summed E-state index contributed by atoms with van der Waals surface area (Å²) in [5.41, 5.74) is -1.47. The SMILES string of the molecule is O=S(=O)(O)C(F)(F)c1cc(F)cc(F)c1. The van der Waals surface area contributed by atoms with E-state index in [1.165, 1.54) is 0 Å². The van der Waals surface area contributed by atoms with Crippen molar-refractivity contribution in [3.05, 3.63) is 35.4 Å². The van der Waals surface area contributed by atoms with Crippen LogP contribution in [0.15, 0.2) is 18.2 Å².